The number of morpholine rings is 1. The second-order valence-corrected chi connectivity index (χ2v) is 8.57. The first kappa shape index (κ1) is 22.8. The molecule has 172 valence electrons. The third-order valence-electron chi connectivity index (χ3n) is 6.41. The Bertz CT molecular complexity index is 862. The van der Waals surface area contributed by atoms with E-state index in [1.54, 1.807) is 17.6 Å². The Morgan fingerprint density at radius 3 is 2.56 bits per heavy atom. The highest BCUT2D eigenvalue weighted by Crippen LogP contribution is 2.28. The van der Waals surface area contributed by atoms with Gasteiger partial charge in [0, 0.05) is 38.4 Å². The van der Waals surface area contributed by atoms with E-state index in [2.05, 4.69) is 27.7 Å². The maximum Gasteiger partial charge on any atom is 0.274 e. The molecule has 2 N–H and O–H groups in total. The molecule has 1 amide bonds. The lowest BCUT2D eigenvalue weighted by atomic mass is 9.91. The molecule has 32 heavy (non-hydrogen) atoms. The Balaban J connectivity index is 1.52. The molecule has 0 aromatic heterocycles. The smallest absolute Gasteiger partial charge is 0.274 e. The summed E-state index contributed by atoms with van der Waals surface area (Å²) >= 11 is 0. The highest BCUT2D eigenvalue weighted by Gasteiger charge is 2.20. The minimum absolute atomic E-state index is 0.440. The molecule has 1 aromatic carbocycles. The summed E-state index contributed by atoms with van der Waals surface area (Å²) in [6.07, 6.45) is 8.72. The van der Waals surface area contributed by atoms with Crippen molar-refractivity contribution in [3.63, 3.8) is 0 Å². The lowest BCUT2D eigenvalue weighted by molar-refractivity contribution is 0.0144. The van der Waals surface area contributed by atoms with Gasteiger partial charge in [0.2, 0.25) is 0 Å². The highest BCUT2D eigenvalue weighted by atomic mass is 16.5. The number of hydrogen-bond acceptors (Lipinski definition) is 6. The van der Waals surface area contributed by atoms with E-state index in [4.69, 9.17) is 14.7 Å². The zero-order valence-electron chi connectivity index (χ0n) is 18.6. The van der Waals surface area contributed by atoms with E-state index in [0.717, 1.165) is 84.0 Å². The molecule has 1 aromatic rings. The van der Waals surface area contributed by atoms with Crippen molar-refractivity contribution in [2.45, 2.75) is 32.2 Å². The Kier molecular flexibility index (Phi) is 8.15. The van der Waals surface area contributed by atoms with Crippen LogP contribution >= 0.6 is 0 Å². The SMILES string of the molecule is O=C(NO)c1ccc(CN(CN2CCOCC2)C2=C=CC(C3CCOCC3)=CCC2)cc1. The molecule has 2 saturated heterocycles. The van der Waals surface area contributed by atoms with E-state index in [1.807, 2.05) is 12.1 Å². The molecule has 0 bridgehead atoms. The normalized spacial score (nSPS) is 20.3. The number of nitrogens with one attached hydrogen (secondary N) is 1. The monoisotopic (exact) mass is 439 g/mol. The van der Waals surface area contributed by atoms with Crippen LogP contribution in [-0.4, -0.2) is 67.1 Å². The number of amides is 1. The third kappa shape index (κ3) is 6.09. The van der Waals surface area contributed by atoms with Gasteiger partial charge in [-0.15, -0.1) is 0 Å². The fourth-order valence-electron chi connectivity index (χ4n) is 4.50. The molecule has 0 radical (unpaired) electrons. The van der Waals surface area contributed by atoms with Crippen LogP contribution in [0.4, 0.5) is 0 Å². The van der Waals surface area contributed by atoms with Crippen LogP contribution in [0.5, 0.6) is 0 Å². The molecule has 4 rings (SSSR count). The number of ether oxygens (including phenoxy) is 2. The van der Waals surface area contributed by atoms with Crippen molar-refractivity contribution in [1.82, 2.24) is 15.3 Å². The molecule has 7 heteroatoms. The number of rotatable bonds is 7. The zero-order valence-corrected chi connectivity index (χ0v) is 18.6. The number of hydroxylamine groups is 1. The summed E-state index contributed by atoms with van der Waals surface area (Å²) in [4.78, 5) is 16.4. The average Bonchev–Trinajstić information content (AvgIpc) is 3.11. The van der Waals surface area contributed by atoms with Crippen LogP contribution in [0.1, 0.15) is 41.6 Å². The lowest BCUT2D eigenvalue weighted by Crippen LogP contribution is -2.43. The number of nitrogens with zero attached hydrogens (tertiary/aromatic N) is 2. The van der Waals surface area contributed by atoms with Crippen molar-refractivity contribution in [1.29, 1.82) is 0 Å². The molecule has 0 saturated carbocycles. The van der Waals surface area contributed by atoms with Crippen LogP contribution in [0, 0.1) is 5.92 Å². The number of hydrogen-bond donors (Lipinski definition) is 2. The van der Waals surface area contributed by atoms with Crippen molar-refractivity contribution in [3.05, 3.63) is 64.5 Å². The number of carbonyl (C=O) groups is 1. The fraction of sp³-hybridized carbons (Fsp3) is 0.520. The largest absolute Gasteiger partial charge is 0.381 e. The second kappa shape index (κ2) is 11.5. The Labute approximate surface area is 189 Å². The zero-order chi connectivity index (χ0) is 22.2. The van der Waals surface area contributed by atoms with E-state index in [1.165, 1.54) is 11.3 Å². The Morgan fingerprint density at radius 1 is 1.12 bits per heavy atom. The molecule has 1 aliphatic carbocycles. The molecule has 0 atom stereocenters. The van der Waals surface area contributed by atoms with E-state index in [0.29, 0.717) is 11.5 Å². The van der Waals surface area contributed by atoms with Crippen LogP contribution < -0.4 is 5.48 Å². The summed E-state index contributed by atoms with van der Waals surface area (Å²) in [5, 5.41) is 8.85. The summed E-state index contributed by atoms with van der Waals surface area (Å²) in [6, 6.07) is 7.39. The lowest BCUT2D eigenvalue weighted by Gasteiger charge is -2.34. The van der Waals surface area contributed by atoms with Crippen molar-refractivity contribution in [2.24, 2.45) is 5.92 Å². The van der Waals surface area contributed by atoms with Crippen molar-refractivity contribution >= 4 is 5.91 Å². The Hall–Kier alpha value is -2.41. The molecule has 0 unspecified atom stereocenters. The van der Waals surface area contributed by atoms with Crippen molar-refractivity contribution in [2.75, 3.05) is 46.2 Å². The first-order chi connectivity index (χ1) is 15.7. The quantitative estimate of drug-likeness (QED) is 0.386. The standard InChI is InChI=1S/C25H33N3O4/c29-25(26-30)23-6-4-20(5-7-23)18-28(19-27-12-16-32-17-13-27)24-3-1-2-21(8-9-24)22-10-14-31-15-11-22/h2,4-8,22,30H,1,3,10-19H2,(H,26,29). The first-order valence-electron chi connectivity index (χ1n) is 11.5. The van der Waals surface area contributed by atoms with E-state index in [9.17, 15) is 4.79 Å². The van der Waals surface area contributed by atoms with Crippen LogP contribution in [0.3, 0.4) is 0 Å². The minimum Gasteiger partial charge on any atom is -0.381 e. The first-order valence-corrected chi connectivity index (χ1v) is 11.5. The van der Waals surface area contributed by atoms with Crippen LogP contribution in [0.2, 0.25) is 0 Å². The van der Waals surface area contributed by atoms with E-state index < -0.39 is 5.91 Å². The van der Waals surface area contributed by atoms with Crippen molar-refractivity contribution < 1.29 is 19.5 Å². The molecule has 7 nitrogen and oxygen atoms in total. The van der Waals surface area contributed by atoms with Gasteiger partial charge in [-0.3, -0.25) is 14.9 Å². The number of allylic oxidation sites excluding steroid dienone is 3. The third-order valence-corrected chi connectivity index (χ3v) is 6.41. The summed E-state index contributed by atoms with van der Waals surface area (Å²) < 4.78 is 11.1. The van der Waals surface area contributed by atoms with Gasteiger partial charge in [-0.1, -0.05) is 23.9 Å². The van der Waals surface area contributed by atoms with E-state index in [-0.39, 0.29) is 0 Å². The van der Waals surface area contributed by atoms with Gasteiger partial charge in [-0.05, 0) is 60.9 Å². The van der Waals surface area contributed by atoms with Gasteiger partial charge >= 0.3 is 0 Å². The Morgan fingerprint density at radius 2 is 1.84 bits per heavy atom. The van der Waals surface area contributed by atoms with Crippen LogP contribution in [0.15, 0.2) is 53.4 Å². The highest BCUT2D eigenvalue weighted by molar-refractivity contribution is 5.93. The minimum atomic E-state index is -0.497. The summed E-state index contributed by atoms with van der Waals surface area (Å²) in [5.74, 6) is 0.0800. The molecule has 3 aliphatic rings. The van der Waals surface area contributed by atoms with E-state index >= 15 is 0 Å². The maximum atomic E-state index is 11.6. The van der Waals surface area contributed by atoms with Crippen molar-refractivity contribution in [3.8, 4) is 0 Å². The molecule has 0 spiro atoms. The summed E-state index contributed by atoms with van der Waals surface area (Å²) in [7, 11) is 0. The molecular weight excluding hydrogens is 406 g/mol. The van der Waals surface area contributed by atoms with Gasteiger partial charge in [-0.25, -0.2) is 5.48 Å². The summed E-state index contributed by atoms with van der Waals surface area (Å²) in [6.45, 7) is 6.64. The number of benzene rings is 1. The van der Waals surface area contributed by atoms with Crippen LogP contribution in [-0.2, 0) is 16.0 Å². The van der Waals surface area contributed by atoms with Crippen LogP contribution in [0.25, 0.3) is 0 Å². The predicted octanol–water partition coefficient (Wildman–Crippen LogP) is 3.08. The molecule has 2 aliphatic heterocycles. The molecular formula is C25H33N3O4. The number of carbonyl (C=O) groups excluding carboxylic acids is 1. The average molecular weight is 440 g/mol. The van der Waals surface area contributed by atoms with Gasteiger partial charge in [0.05, 0.1) is 25.6 Å². The topological polar surface area (TPSA) is 74.3 Å². The predicted molar refractivity (Wildman–Crippen MR) is 121 cm³/mol. The molecule has 2 heterocycles. The molecule has 2 fully saturated rings. The van der Waals surface area contributed by atoms with Gasteiger partial charge in [0.1, 0.15) is 0 Å². The fourth-order valence-corrected chi connectivity index (χ4v) is 4.50. The van der Waals surface area contributed by atoms with Gasteiger partial charge < -0.3 is 14.4 Å². The maximum absolute atomic E-state index is 11.6. The second-order valence-electron chi connectivity index (χ2n) is 8.57. The summed E-state index contributed by atoms with van der Waals surface area (Å²) in [5.41, 5.74) is 9.48. The van der Waals surface area contributed by atoms with Gasteiger partial charge in [0.15, 0.2) is 0 Å². The van der Waals surface area contributed by atoms with Gasteiger partial charge in [0.25, 0.3) is 5.91 Å². The van der Waals surface area contributed by atoms with Gasteiger partial charge in [-0.2, -0.15) is 0 Å².